The molecule has 2 aliphatic rings. The van der Waals surface area contributed by atoms with Crippen molar-refractivity contribution in [2.24, 2.45) is 0 Å². The van der Waals surface area contributed by atoms with Crippen molar-refractivity contribution in [3.05, 3.63) is 94.0 Å². The predicted molar refractivity (Wildman–Crippen MR) is 138 cm³/mol. The number of pyridine rings is 1. The van der Waals surface area contributed by atoms with Crippen molar-refractivity contribution >= 4 is 29.1 Å². The Morgan fingerprint density at radius 1 is 1.06 bits per heavy atom. The Labute approximate surface area is 215 Å². The van der Waals surface area contributed by atoms with E-state index in [1.165, 1.54) is 12.1 Å². The van der Waals surface area contributed by atoms with Crippen LogP contribution in [0.4, 0.5) is 10.1 Å². The Balaban J connectivity index is 1.26. The summed E-state index contributed by atoms with van der Waals surface area (Å²) < 4.78 is 13.7. The number of anilines is 1. The quantitative estimate of drug-likeness (QED) is 0.527. The van der Waals surface area contributed by atoms with E-state index >= 15 is 0 Å². The standard InChI is InChI=1S/C28H28ClFN4O2/c1-33(21-10-14-34(15-11-21)22-8-12-31-13-9-22)28(36)19-3-2-18-4-7-26(23(18)16-19)32-27(35)24-17-20(30)5-6-25(24)29/h2-3,5-6,8-9,12-13,16-17,21,26H,4,7,10-11,14-15H2,1H3,(H,32,35). The average molecular weight is 507 g/mol. The number of amides is 2. The zero-order valence-electron chi connectivity index (χ0n) is 20.1. The third-order valence-corrected chi connectivity index (χ3v) is 7.64. The lowest BCUT2D eigenvalue weighted by molar-refractivity contribution is 0.0709. The molecule has 1 atom stereocenters. The van der Waals surface area contributed by atoms with Crippen molar-refractivity contribution in [2.45, 2.75) is 37.8 Å². The number of hydrogen-bond acceptors (Lipinski definition) is 4. The third kappa shape index (κ3) is 4.93. The summed E-state index contributed by atoms with van der Waals surface area (Å²) in [5, 5.41) is 3.18. The highest BCUT2D eigenvalue weighted by Crippen LogP contribution is 2.33. The van der Waals surface area contributed by atoms with Crippen LogP contribution in [0, 0.1) is 5.82 Å². The van der Waals surface area contributed by atoms with Crippen LogP contribution in [0.1, 0.15) is 57.1 Å². The summed E-state index contributed by atoms with van der Waals surface area (Å²) in [7, 11) is 1.87. The molecule has 0 spiro atoms. The fourth-order valence-corrected chi connectivity index (χ4v) is 5.43. The molecular formula is C28H28ClFN4O2. The summed E-state index contributed by atoms with van der Waals surface area (Å²) in [5.41, 5.74) is 3.91. The summed E-state index contributed by atoms with van der Waals surface area (Å²) in [6.07, 6.45) is 6.90. The van der Waals surface area contributed by atoms with Crippen LogP contribution in [0.3, 0.4) is 0 Å². The molecule has 36 heavy (non-hydrogen) atoms. The first-order valence-electron chi connectivity index (χ1n) is 12.2. The lowest BCUT2D eigenvalue weighted by atomic mass is 10.00. The van der Waals surface area contributed by atoms with E-state index in [-0.39, 0.29) is 28.6 Å². The minimum atomic E-state index is -0.515. The highest BCUT2D eigenvalue weighted by Gasteiger charge is 2.29. The van der Waals surface area contributed by atoms with Crippen LogP contribution in [0.25, 0.3) is 0 Å². The molecule has 0 saturated carbocycles. The van der Waals surface area contributed by atoms with Crippen LogP contribution in [0.15, 0.2) is 60.9 Å². The normalized spacial score (nSPS) is 17.5. The number of fused-ring (bicyclic) bond motifs is 1. The van der Waals surface area contributed by atoms with E-state index in [0.717, 1.165) is 61.7 Å². The van der Waals surface area contributed by atoms with Crippen molar-refractivity contribution in [2.75, 3.05) is 25.0 Å². The van der Waals surface area contributed by atoms with Gasteiger partial charge in [0, 0.05) is 49.8 Å². The topological polar surface area (TPSA) is 65.5 Å². The van der Waals surface area contributed by atoms with E-state index in [1.54, 1.807) is 12.4 Å². The second-order valence-corrected chi connectivity index (χ2v) is 9.85. The molecule has 1 fully saturated rings. The van der Waals surface area contributed by atoms with Gasteiger partial charge in [0.1, 0.15) is 5.82 Å². The van der Waals surface area contributed by atoms with Gasteiger partial charge < -0.3 is 15.1 Å². The summed E-state index contributed by atoms with van der Waals surface area (Å²) in [5.74, 6) is -0.962. The van der Waals surface area contributed by atoms with Gasteiger partial charge in [-0.15, -0.1) is 0 Å². The number of piperidine rings is 1. The summed E-state index contributed by atoms with van der Waals surface area (Å²) >= 11 is 6.11. The summed E-state index contributed by atoms with van der Waals surface area (Å²) in [6.45, 7) is 1.76. The van der Waals surface area contributed by atoms with Crippen LogP contribution in [0.5, 0.6) is 0 Å². The Morgan fingerprint density at radius 2 is 1.81 bits per heavy atom. The van der Waals surface area contributed by atoms with Crippen molar-refractivity contribution in [3.63, 3.8) is 0 Å². The minimum Gasteiger partial charge on any atom is -0.371 e. The van der Waals surface area contributed by atoms with Crippen LogP contribution < -0.4 is 10.2 Å². The van der Waals surface area contributed by atoms with E-state index in [2.05, 4.69) is 15.2 Å². The van der Waals surface area contributed by atoms with Gasteiger partial charge in [-0.3, -0.25) is 14.6 Å². The molecule has 0 radical (unpaired) electrons. The van der Waals surface area contributed by atoms with Crippen molar-refractivity contribution in [3.8, 4) is 0 Å². The molecule has 1 aliphatic carbocycles. The summed E-state index contributed by atoms with van der Waals surface area (Å²) in [6, 6.07) is 13.4. The highest BCUT2D eigenvalue weighted by molar-refractivity contribution is 6.33. The number of carbonyl (C=O) groups is 2. The molecule has 1 saturated heterocycles. The molecule has 186 valence electrons. The van der Waals surface area contributed by atoms with Gasteiger partial charge in [0.25, 0.3) is 11.8 Å². The molecule has 1 N–H and O–H groups in total. The SMILES string of the molecule is CN(C(=O)c1ccc2c(c1)C(NC(=O)c1cc(F)ccc1Cl)CC2)C1CCN(c2ccncc2)CC1. The first-order chi connectivity index (χ1) is 17.4. The van der Waals surface area contributed by atoms with Gasteiger partial charge in [0.2, 0.25) is 0 Å². The molecule has 2 heterocycles. The predicted octanol–water partition coefficient (Wildman–Crippen LogP) is 5.03. The van der Waals surface area contributed by atoms with Gasteiger partial charge in [-0.05, 0) is 79.3 Å². The van der Waals surface area contributed by atoms with Crippen molar-refractivity contribution in [1.82, 2.24) is 15.2 Å². The smallest absolute Gasteiger partial charge is 0.253 e. The first-order valence-corrected chi connectivity index (χ1v) is 12.6. The maximum absolute atomic E-state index is 13.7. The fraction of sp³-hybridized carbons (Fsp3) is 0.321. The van der Waals surface area contributed by atoms with Gasteiger partial charge in [-0.25, -0.2) is 4.39 Å². The van der Waals surface area contributed by atoms with E-state index in [9.17, 15) is 14.0 Å². The number of rotatable bonds is 5. The second-order valence-electron chi connectivity index (χ2n) is 9.44. The first kappa shape index (κ1) is 24.3. The van der Waals surface area contributed by atoms with E-state index in [1.807, 2.05) is 42.3 Å². The number of hydrogen-bond donors (Lipinski definition) is 1. The Hall–Kier alpha value is -3.45. The number of aryl methyl sites for hydroxylation is 1. The fourth-order valence-electron chi connectivity index (χ4n) is 5.23. The third-order valence-electron chi connectivity index (χ3n) is 7.31. The molecule has 5 rings (SSSR count). The highest BCUT2D eigenvalue weighted by atomic mass is 35.5. The second kappa shape index (κ2) is 10.3. The molecule has 6 nitrogen and oxygen atoms in total. The lowest BCUT2D eigenvalue weighted by Crippen LogP contribution is -2.45. The average Bonchev–Trinajstić information content (AvgIpc) is 3.31. The molecule has 2 aromatic carbocycles. The number of nitrogens with one attached hydrogen (secondary N) is 1. The monoisotopic (exact) mass is 506 g/mol. The number of benzene rings is 2. The van der Waals surface area contributed by atoms with Gasteiger partial charge in [0.05, 0.1) is 16.6 Å². The lowest BCUT2D eigenvalue weighted by Gasteiger charge is -2.38. The van der Waals surface area contributed by atoms with Crippen molar-refractivity contribution in [1.29, 1.82) is 0 Å². The van der Waals surface area contributed by atoms with Gasteiger partial charge in [-0.1, -0.05) is 17.7 Å². The molecule has 1 aromatic heterocycles. The van der Waals surface area contributed by atoms with Crippen LogP contribution in [-0.4, -0.2) is 47.9 Å². The molecule has 1 aliphatic heterocycles. The number of aromatic nitrogens is 1. The summed E-state index contributed by atoms with van der Waals surface area (Å²) in [4.78, 5) is 34.4. The van der Waals surface area contributed by atoms with Gasteiger partial charge in [-0.2, -0.15) is 0 Å². The van der Waals surface area contributed by atoms with E-state index < -0.39 is 11.7 Å². The van der Waals surface area contributed by atoms with Gasteiger partial charge in [0.15, 0.2) is 0 Å². The molecule has 8 heteroatoms. The number of halogens is 2. The van der Waals surface area contributed by atoms with E-state index in [4.69, 9.17) is 11.6 Å². The number of carbonyl (C=O) groups excluding carboxylic acids is 2. The maximum Gasteiger partial charge on any atom is 0.253 e. The van der Waals surface area contributed by atoms with Crippen LogP contribution >= 0.6 is 11.6 Å². The largest absolute Gasteiger partial charge is 0.371 e. The molecule has 1 unspecified atom stereocenters. The molecular weight excluding hydrogens is 479 g/mol. The zero-order chi connectivity index (χ0) is 25.2. The molecule has 0 bridgehead atoms. The van der Waals surface area contributed by atoms with Crippen LogP contribution in [-0.2, 0) is 6.42 Å². The maximum atomic E-state index is 13.7. The van der Waals surface area contributed by atoms with Gasteiger partial charge >= 0.3 is 0 Å². The van der Waals surface area contributed by atoms with Crippen molar-refractivity contribution < 1.29 is 14.0 Å². The number of nitrogens with zero attached hydrogens (tertiary/aromatic N) is 3. The Bertz CT molecular complexity index is 1280. The van der Waals surface area contributed by atoms with Crippen LogP contribution in [0.2, 0.25) is 5.02 Å². The van der Waals surface area contributed by atoms with E-state index in [0.29, 0.717) is 5.56 Å². The molecule has 3 aromatic rings. The minimum absolute atomic E-state index is 0.0229. The Morgan fingerprint density at radius 3 is 2.56 bits per heavy atom. The zero-order valence-corrected chi connectivity index (χ0v) is 20.8. The molecule has 2 amide bonds. The Kier molecular flexibility index (Phi) is 6.92.